The molecule has 1 aliphatic carbocycles. The maximum absolute atomic E-state index is 11.8. The number of cyclic esters (lactones) is 2. The van der Waals surface area contributed by atoms with Crippen LogP contribution in [0.3, 0.4) is 0 Å². The molecule has 1 saturated carbocycles. The minimum absolute atomic E-state index is 0.140. The van der Waals surface area contributed by atoms with E-state index >= 15 is 0 Å². The zero-order chi connectivity index (χ0) is 11.3. The third kappa shape index (κ3) is 1.80. The molecule has 0 bridgehead atoms. The Morgan fingerprint density at radius 2 is 1.93 bits per heavy atom. The standard InChI is InChI=1S/C12H18O3/c1-8-4-11(2,3)7-12(5-8)6-9(13)15-10(12)14/h8H,4-7H2,1-3H3. The van der Waals surface area contributed by atoms with Crippen molar-refractivity contribution in [1.82, 2.24) is 0 Å². The van der Waals surface area contributed by atoms with Gasteiger partial charge in [-0.1, -0.05) is 20.8 Å². The molecule has 0 aromatic carbocycles. The van der Waals surface area contributed by atoms with Crippen LogP contribution in [0.1, 0.15) is 46.5 Å². The summed E-state index contributed by atoms with van der Waals surface area (Å²) in [5.41, 5.74) is -0.362. The molecule has 15 heavy (non-hydrogen) atoms. The topological polar surface area (TPSA) is 43.4 Å². The molecule has 84 valence electrons. The normalized spacial score (nSPS) is 39.5. The smallest absolute Gasteiger partial charge is 0.320 e. The summed E-state index contributed by atoms with van der Waals surface area (Å²) in [5.74, 6) is -0.135. The van der Waals surface area contributed by atoms with Crippen molar-refractivity contribution < 1.29 is 14.3 Å². The Labute approximate surface area is 90.2 Å². The summed E-state index contributed by atoms with van der Waals surface area (Å²) in [6.07, 6.45) is 3.01. The summed E-state index contributed by atoms with van der Waals surface area (Å²) in [7, 11) is 0. The van der Waals surface area contributed by atoms with Gasteiger partial charge in [0.15, 0.2) is 0 Å². The van der Waals surface area contributed by atoms with E-state index in [4.69, 9.17) is 4.74 Å². The molecule has 0 aromatic heterocycles. The van der Waals surface area contributed by atoms with E-state index in [1.165, 1.54) is 0 Å². The molecule has 1 saturated heterocycles. The van der Waals surface area contributed by atoms with E-state index in [1.807, 2.05) is 0 Å². The summed E-state index contributed by atoms with van der Waals surface area (Å²) >= 11 is 0. The quantitative estimate of drug-likeness (QED) is 0.455. The van der Waals surface area contributed by atoms with E-state index in [0.29, 0.717) is 12.3 Å². The molecular weight excluding hydrogens is 192 g/mol. The minimum atomic E-state index is -0.502. The van der Waals surface area contributed by atoms with Crippen LogP contribution in [0.5, 0.6) is 0 Å². The van der Waals surface area contributed by atoms with Crippen LogP contribution in [0.2, 0.25) is 0 Å². The number of esters is 2. The van der Waals surface area contributed by atoms with Gasteiger partial charge in [0.1, 0.15) is 0 Å². The van der Waals surface area contributed by atoms with Gasteiger partial charge in [0.05, 0.1) is 11.8 Å². The first kappa shape index (κ1) is 10.7. The SMILES string of the molecule is CC1CC(C)(C)CC2(CC(=O)OC2=O)C1. The summed E-state index contributed by atoms with van der Waals surface area (Å²) < 4.78 is 4.72. The molecule has 2 rings (SSSR count). The maximum Gasteiger partial charge on any atom is 0.320 e. The molecule has 1 spiro atoms. The summed E-state index contributed by atoms with van der Waals surface area (Å²) in [6, 6.07) is 0. The van der Waals surface area contributed by atoms with E-state index in [9.17, 15) is 9.59 Å². The van der Waals surface area contributed by atoms with Crippen molar-refractivity contribution in [3.8, 4) is 0 Å². The number of hydrogen-bond donors (Lipinski definition) is 0. The van der Waals surface area contributed by atoms with Crippen LogP contribution in [0.4, 0.5) is 0 Å². The van der Waals surface area contributed by atoms with E-state index in [0.717, 1.165) is 19.3 Å². The Hall–Kier alpha value is -0.860. The average molecular weight is 210 g/mol. The Bertz CT molecular complexity index is 319. The Morgan fingerprint density at radius 1 is 1.27 bits per heavy atom. The molecule has 0 radical (unpaired) electrons. The molecule has 3 heteroatoms. The summed E-state index contributed by atoms with van der Waals surface area (Å²) in [4.78, 5) is 23.0. The van der Waals surface area contributed by atoms with Crippen molar-refractivity contribution in [3.63, 3.8) is 0 Å². The Kier molecular flexibility index (Phi) is 2.18. The zero-order valence-corrected chi connectivity index (χ0v) is 9.63. The summed E-state index contributed by atoms with van der Waals surface area (Å²) in [5, 5.41) is 0. The fraction of sp³-hybridized carbons (Fsp3) is 0.833. The average Bonchev–Trinajstić information content (AvgIpc) is 2.20. The van der Waals surface area contributed by atoms with Gasteiger partial charge in [-0.05, 0) is 30.6 Å². The fourth-order valence-corrected chi connectivity index (χ4v) is 3.63. The third-order valence-electron chi connectivity index (χ3n) is 3.58. The molecule has 3 nitrogen and oxygen atoms in total. The van der Waals surface area contributed by atoms with Crippen LogP contribution in [0, 0.1) is 16.7 Å². The van der Waals surface area contributed by atoms with Crippen LogP contribution in [-0.4, -0.2) is 11.9 Å². The van der Waals surface area contributed by atoms with Crippen molar-refractivity contribution in [2.45, 2.75) is 46.5 Å². The minimum Gasteiger partial charge on any atom is -0.393 e. The first-order valence-corrected chi connectivity index (χ1v) is 5.58. The largest absolute Gasteiger partial charge is 0.393 e. The van der Waals surface area contributed by atoms with Gasteiger partial charge in [0.2, 0.25) is 0 Å². The molecule has 2 unspecified atom stereocenters. The predicted octanol–water partition coefficient (Wildman–Crippen LogP) is 2.29. The highest BCUT2D eigenvalue weighted by molar-refractivity contribution is 5.97. The number of hydrogen-bond acceptors (Lipinski definition) is 3. The molecule has 0 aromatic rings. The van der Waals surface area contributed by atoms with Crippen molar-refractivity contribution in [3.05, 3.63) is 0 Å². The molecule has 2 atom stereocenters. The van der Waals surface area contributed by atoms with Gasteiger partial charge in [0.25, 0.3) is 0 Å². The second kappa shape index (κ2) is 3.06. The van der Waals surface area contributed by atoms with Gasteiger partial charge < -0.3 is 4.74 Å². The lowest BCUT2D eigenvalue weighted by atomic mass is 9.60. The van der Waals surface area contributed by atoms with Crippen LogP contribution in [0.15, 0.2) is 0 Å². The molecule has 1 aliphatic heterocycles. The van der Waals surface area contributed by atoms with E-state index in [-0.39, 0.29) is 17.4 Å². The first-order chi connectivity index (χ1) is 6.83. The lowest BCUT2D eigenvalue weighted by Crippen LogP contribution is -2.39. The molecule has 0 amide bonds. The van der Waals surface area contributed by atoms with Gasteiger partial charge in [0, 0.05) is 0 Å². The third-order valence-corrected chi connectivity index (χ3v) is 3.58. The number of carbonyl (C=O) groups is 2. The highest BCUT2D eigenvalue weighted by Gasteiger charge is 2.54. The highest BCUT2D eigenvalue weighted by atomic mass is 16.6. The van der Waals surface area contributed by atoms with Crippen LogP contribution in [-0.2, 0) is 14.3 Å². The lowest BCUT2D eigenvalue weighted by Gasteiger charge is -2.42. The second-order valence-electron chi connectivity index (χ2n) is 6.07. The maximum atomic E-state index is 11.8. The number of rotatable bonds is 0. The predicted molar refractivity (Wildman–Crippen MR) is 54.9 cm³/mol. The van der Waals surface area contributed by atoms with Crippen LogP contribution in [0.25, 0.3) is 0 Å². The van der Waals surface area contributed by atoms with Crippen LogP contribution < -0.4 is 0 Å². The van der Waals surface area contributed by atoms with Gasteiger partial charge in [-0.3, -0.25) is 9.59 Å². The zero-order valence-electron chi connectivity index (χ0n) is 9.63. The molecular formula is C12H18O3. The van der Waals surface area contributed by atoms with Gasteiger partial charge in [-0.15, -0.1) is 0 Å². The number of ether oxygens (including phenoxy) is 1. The molecule has 2 fully saturated rings. The molecule has 2 aliphatic rings. The van der Waals surface area contributed by atoms with Crippen molar-refractivity contribution >= 4 is 11.9 Å². The van der Waals surface area contributed by atoms with E-state index < -0.39 is 5.41 Å². The van der Waals surface area contributed by atoms with E-state index in [2.05, 4.69) is 20.8 Å². The van der Waals surface area contributed by atoms with Gasteiger partial charge in [-0.2, -0.15) is 0 Å². The second-order valence-corrected chi connectivity index (χ2v) is 6.07. The van der Waals surface area contributed by atoms with Crippen molar-refractivity contribution in [2.24, 2.45) is 16.7 Å². The van der Waals surface area contributed by atoms with Crippen LogP contribution >= 0.6 is 0 Å². The molecule has 0 N–H and O–H groups in total. The van der Waals surface area contributed by atoms with Gasteiger partial charge in [-0.25, -0.2) is 0 Å². The van der Waals surface area contributed by atoms with E-state index in [1.54, 1.807) is 0 Å². The summed E-state index contributed by atoms with van der Waals surface area (Å²) in [6.45, 7) is 6.49. The Morgan fingerprint density at radius 3 is 2.40 bits per heavy atom. The van der Waals surface area contributed by atoms with Crippen molar-refractivity contribution in [2.75, 3.05) is 0 Å². The number of carbonyl (C=O) groups excluding carboxylic acids is 2. The highest BCUT2D eigenvalue weighted by Crippen LogP contribution is 2.53. The molecule has 1 heterocycles. The van der Waals surface area contributed by atoms with Gasteiger partial charge >= 0.3 is 11.9 Å². The fourth-order valence-electron chi connectivity index (χ4n) is 3.63. The Balaban J connectivity index is 2.28. The van der Waals surface area contributed by atoms with Crippen molar-refractivity contribution in [1.29, 1.82) is 0 Å². The lowest BCUT2D eigenvalue weighted by molar-refractivity contribution is -0.157. The monoisotopic (exact) mass is 210 g/mol. The first-order valence-electron chi connectivity index (χ1n) is 5.58.